The van der Waals surface area contributed by atoms with Gasteiger partial charge in [0.25, 0.3) is 0 Å². The second-order valence-electron chi connectivity index (χ2n) is 5.96. The molecule has 0 fully saturated rings. The Hall–Kier alpha value is -2.93. The van der Waals surface area contributed by atoms with Gasteiger partial charge in [-0.1, -0.05) is 23.4 Å². The zero-order valence-electron chi connectivity index (χ0n) is 13.9. The first-order chi connectivity index (χ1) is 12.4. The summed E-state index contributed by atoms with van der Waals surface area (Å²) in [4.78, 5) is 0. The van der Waals surface area contributed by atoms with Crippen molar-refractivity contribution in [1.29, 1.82) is 0 Å². The van der Waals surface area contributed by atoms with Gasteiger partial charge in [0, 0.05) is 17.8 Å². The summed E-state index contributed by atoms with van der Waals surface area (Å²) in [6.07, 6.45) is 4.57. The predicted molar refractivity (Wildman–Crippen MR) is 90.3 cm³/mol. The Morgan fingerprint density at radius 1 is 1.12 bits per heavy atom. The number of nitrogens with zero attached hydrogens (tertiary/aromatic N) is 3. The molecule has 0 aliphatic rings. The van der Waals surface area contributed by atoms with Crippen LogP contribution in [0, 0.1) is 17.5 Å². The number of halogens is 3. The minimum atomic E-state index is -1.81. The average Bonchev–Trinajstić information content (AvgIpc) is 3.09. The maximum atomic E-state index is 14.4. The van der Waals surface area contributed by atoms with Crippen LogP contribution in [0.5, 0.6) is 0 Å². The molecule has 1 unspecified atom stereocenters. The molecule has 0 saturated carbocycles. The minimum absolute atomic E-state index is 0.0924. The van der Waals surface area contributed by atoms with Crippen LogP contribution in [0.2, 0.25) is 0 Å². The van der Waals surface area contributed by atoms with Crippen LogP contribution >= 0.6 is 0 Å². The van der Waals surface area contributed by atoms with Crippen LogP contribution in [0.15, 0.2) is 60.4 Å². The van der Waals surface area contributed by atoms with Gasteiger partial charge in [0.2, 0.25) is 0 Å². The van der Waals surface area contributed by atoms with Gasteiger partial charge in [0.05, 0.1) is 12.7 Å². The molecular weight excluding hydrogens is 343 g/mol. The molecule has 1 heterocycles. The fraction of sp³-hybridized carbons (Fsp3) is 0.158. The lowest BCUT2D eigenvalue weighted by Crippen LogP contribution is -2.34. The number of hydrogen-bond acceptors (Lipinski definition) is 3. The van der Waals surface area contributed by atoms with Gasteiger partial charge in [-0.25, -0.2) is 17.9 Å². The summed E-state index contributed by atoms with van der Waals surface area (Å²) >= 11 is 0. The summed E-state index contributed by atoms with van der Waals surface area (Å²) in [6, 6.07) is 8.64. The molecule has 0 spiro atoms. The molecule has 3 aromatic rings. The normalized spacial score (nSPS) is 14.3. The van der Waals surface area contributed by atoms with Gasteiger partial charge in [0.15, 0.2) is 0 Å². The standard InChI is InChI=1S/C19H16F3N3O/c1-13(10-14-2-4-15(20)5-3-14)19(26,12-25-9-8-23-24-25)17-7-6-16(21)11-18(17)22/h2-11,26H,12H2,1H3. The molecule has 1 aromatic heterocycles. The van der Waals surface area contributed by atoms with E-state index in [1.54, 1.807) is 13.0 Å². The third-order valence-electron chi connectivity index (χ3n) is 4.14. The smallest absolute Gasteiger partial charge is 0.133 e. The third kappa shape index (κ3) is 3.67. The van der Waals surface area contributed by atoms with Crippen LogP contribution in [-0.2, 0) is 12.1 Å². The zero-order valence-corrected chi connectivity index (χ0v) is 13.9. The first-order valence-corrected chi connectivity index (χ1v) is 7.85. The van der Waals surface area contributed by atoms with E-state index in [-0.39, 0.29) is 17.9 Å². The maximum absolute atomic E-state index is 14.4. The topological polar surface area (TPSA) is 50.9 Å². The molecule has 0 amide bonds. The molecule has 3 rings (SSSR count). The highest BCUT2D eigenvalue weighted by atomic mass is 19.1. The van der Waals surface area contributed by atoms with Gasteiger partial charge in [-0.05, 0) is 42.3 Å². The van der Waals surface area contributed by atoms with Crippen molar-refractivity contribution in [2.24, 2.45) is 0 Å². The van der Waals surface area contributed by atoms with E-state index in [2.05, 4.69) is 10.3 Å². The average molecular weight is 359 g/mol. The van der Waals surface area contributed by atoms with Crippen molar-refractivity contribution in [3.05, 3.63) is 89.0 Å². The number of aliphatic hydroxyl groups is 1. The summed E-state index contributed by atoms with van der Waals surface area (Å²) in [5, 5.41) is 18.8. The van der Waals surface area contributed by atoms with Crippen molar-refractivity contribution >= 4 is 6.08 Å². The Labute approximate surface area is 148 Å². The summed E-state index contributed by atoms with van der Waals surface area (Å²) in [7, 11) is 0. The Morgan fingerprint density at radius 3 is 2.42 bits per heavy atom. The van der Waals surface area contributed by atoms with Crippen LogP contribution in [0.25, 0.3) is 6.08 Å². The van der Waals surface area contributed by atoms with Crippen molar-refractivity contribution in [2.45, 2.75) is 19.1 Å². The highest BCUT2D eigenvalue weighted by Gasteiger charge is 2.35. The van der Waals surface area contributed by atoms with E-state index in [9.17, 15) is 18.3 Å². The molecule has 1 atom stereocenters. The first kappa shape index (κ1) is 17.9. The Bertz CT molecular complexity index is 924. The van der Waals surface area contributed by atoms with Crippen molar-refractivity contribution in [2.75, 3.05) is 0 Å². The highest BCUT2D eigenvalue weighted by Crippen LogP contribution is 2.34. The largest absolute Gasteiger partial charge is 0.379 e. The Morgan fingerprint density at radius 2 is 1.81 bits per heavy atom. The fourth-order valence-corrected chi connectivity index (χ4v) is 2.73. The lowest BCUT2D eigenvalue weighted by atomic mass is 9.85. The van der Waals surface area contributed by atoms with Gasteiger partial charge in [-0.2, -0.15) is 0 Å². The molecule has 134 valence electrons. The number of hydrogen-bond donors (Lipinski definition) is 1. The van der Waals surface area contributed by atoms with E-state index in [1.807, 2.05) is 0 Å². The summed E-state index contributed by atoms with van der Waals surface area (Å²) in [5.74, 6) is -2.00. The monoisotopic (exact) mass is 359 g/mol. The SMILES string of the molecule is CC(=Cc1ccc(F)cc1)C(O)(Cn1ccnn1)c1ccc(F)cc1F. The second kappa shape index (κ2) is 7.13. The molecule has 0 bridgehead atoms. The van der Waals surface area contributed by atoms with E-state index in [0.717, 1.165) is 6.07 Å². The number of rotatable bonds is 5. The number of aromatic nitrogens is 3. The van der Waals surface area contributed by atoms with Gasteiger partial charge >= 0.3 is 0 Å². The van der Waals surface area contributed by atoms with E-state index >= 15 is 0 Å². The van der Waals surface area contributed by atoms with Gasteiger partial charge in [-0.3, -0.25) is 0 Å². The highest BCUT2D eigenvalue weighted by molar-refractivity contribution is 5.56. The van der Waals surface area contributed by atoms with E-state index in [4.69, 9.17) is 0 Å². The molecule has 7 heteroatoms. The zero-order chi connectivity index (χ0) is 18.7. The lowest BCUT2D eigenvalue weighted by Gasteiger charge is -2.30. The van der Waals surface area contributed by atoms with E-state index in [0.29, 0.717) is 17.2 Å². The van der Waals surface area contributed by atoms with Crippen molar-refractivity contribution in [3.63, 3.8) is 0 Å². The molecule has 0 saturated heterocycles. The maximum Gasteiger partial charge on any atom is 0.133 e. The molecule has 0 radical (unpaired) electrons. The van der Waals surface area contributed by atoms with Gasteiger partial charge in [0.1, 0.15) is 23.1 Å². The Kier molecular flexibility index (Phi) is 4.90. The molecule has 26 heavy (non-hydrogen) atoms. The third-order valence-corrected chi connectivity index (χ3v) is 4.14. The minimum Gasteiger partial charge on any atom is -0.379 e. The van der Waals surface area contributed by atoms with Crippen molar-refractivity contribution < 1.29 is 18.3 Å². The summed E-state index contributed by atoms with van der Waals surface area (Å²) in [5.41, 5.74) is -0.890. The quantitative estimate of drug-likeness (QED) is 0.756. The molecule has 4 nitrogen and oxygen atoms in total. The fourth-order valence-electron chi connectivity index (χ4n) is 2.73. The Balaban J connectivity index is 2.08. The van der Waals surface area contributed by atoms with Gasteiger partial charge in [-0.15, -0.1) is 5.10 Å². The molecule has 2 aromatic carbocycles. The van der Waals surface area contributed by atoms with Crippen LogP contribution in [0.1, 0.15) is 18.1 Å². The second-order valence-corrected chi connectivity index (χ2v) is 5.96. The summed E-state index contributed by atoms with van der Waals surface area (Å²) < 4.78 is 42.1. The van der Waals surface area contributed by atoms with Crippen LogP contribution < -0.4 is 0 Å². The molecule has 0 aliphatic carbocycles. The summed E-state index contributed by atoms with van der Waals surface area (Å²) in [6.45, 7) is 1.49. The molecule has 0 aliphatic heterocycles. The number of benzene rings is 2. The first-order valence-electron chi connectivity index (χ1n) is 7.85. The van der Waals surface area contributed by atoms with Crippen LogP contribution in [0.3, 0.4) is 0 Å². The predicted octanol–water partition coefficient (Wildman–Crippen LogP) is 3.69. The van der Waals surface area contributed by atoms with Crippen LogP contribution in [0.4, 0.5) is 13.2 Å². The van der Waals surface area contributed by atoms with Crippen LogP contribution in [-0.4, -0.2) is 20.1 Å². The lowest BCUT2D eigenvalue weighted by molar-refractivity contribution is 0.0498. The van der Waals surface area contributed by atoms with Crippen molar-refractivity contribution in [3.8, 4) is 0 Å². The van der Waals surface area contributed by atoms with E-state index in [1.165, 1.54) is 47.4 Å². The van der Waals surface area contributed by atoms with Crippen molar-refractivity contribution in [1.82, 2.24) is 15.0 Å². The van der Waals surface area contributed by atoms with E-state index < -0.39 is 17.2 Å². The molecule has 1 N–H and O–H groups in total. The molecular formula is C19H16F3N3O. The van der Waals surface area contributed by atoms with Gasteiger partial charge < -0.3 is 5.11 Å².